The van der Waals surface area contributed by atoms with E-state index in [4.69, 9.17) is 10.5 Å². The number of hydrogen-bond donors (Lipinski definition) is 2. The third kappa shape index (κ3) is 3.67. The summed E-state index contributed by atoms with van der Waals surface area (Å²) in [6, 6.07) is 5.91. The average molecular weight is 316 g/mol. The Balaban J connectivity index is 0.00000200. The van der Waals surface area contributed by atoms with E-state index >= 15 is 0 Å². The van der Waals surface area contributed by atoms with Crippen molar-refractivity contribution in [3.8, 4) is 0 Å². The first-order chi connectivity index (χ1) is 9.15. The van der Waals surface area contributed by atoms with Gasteiger partial charge in [0.15, 0.2) is 5.13 Å². The van der Waals surface area contributed by atoms with E-state index in [0.29, 0.717) is 18.3 Å². The fourth-order valence-corrected chi connectivity index (χ4v) is 2.58. The van der Waals surface area contributed by atoms with Gasteiger partial charge in [0.1, 0.15) is 0 Å². The summed E-state index contributed by atoms with van der Waals surface area (Å²) in [5.74, 6) is -0.319. The number of amides is 1. The molecule has 3 N–H and O–H groups in total. The second kappa shape index (κ2) is 7.54. The molecule has 0 fully saturated rings. The molecule has 0 aliphatic heterocycles. The van der Waals surface area contributed by atoms with Crippen LogP contribution in [0, 0.1) is 5.92 Å². The van der Waals surface area contributed by atoms with Crippen LogP contribution in [0.2, 0.25) is 0 Å². The molecule has 1 heterocycles. The summed E-state index contributed by atoms with van der Waals surface area (Å²) in [5.41, 5.74) is 7.37. The molecule has 1 amide bonds. The van der Waals surface area contributed by atoms with Crippen LogP contribution in [0.1, 0.15) is 12.5 Å². The summed E-state index contributed by atoms with van der Waals surface area (Å²) < 4.78 is 6.18. The summed E-state index contributed by atoms with van der Waals surface area (Å²) in [4.78, 5) is 16.2. The summed E-state index contributed by atoms with van der Waals surface area (Å²) in [6.07, 6.45) is 0. The lowest BCUT2D eigenvalue weighted by molar-refractivity contribution is -0.119. The first-order valence-electron chi connectivity index (χ1n) is 6.04. The van der Waals surface area contributed by atoms with Gasteiger partial charge in [0.2, 0.25) is 5.91 Å². The lowest BCUT2D eigenvalue weighted by Gasteiger charge is -2.06. The molecule has 1 aromatic heterocycles. The highest BCUT2D eigenvalue weighted by atomic mass is 35.5. The minimum Gasteiger partial charge on any atom is -0.380 e. The molecule has 0 aliphatic rings. The van der Waals surface area contributed by atoms with E-state index in [-0.39, 0.29) is 24.2 Å². The predicted molar refractivity (Wildman–Crippen MR) is 84.4 cm³/mol. The summed E-state index contributed by atoms with van der Waals surface area (Å²) in [6.45, 7) is 2.62. The van der Waals surface area contributed by atoms with Crippen LogP contribution >= 0.6 is 23.7 Å². The summed E-state index contributed by atoms with van der Waals surface area (Å²) >= 11 is 1.45. The predicted octanol–water partition coefficient (Wildman–Crippen LogP) is 2.40. The Labute approximate surface area is 127 Å². The highest BCUT2D eigenvalue weighted by molar-refractivity contribution is 7.22. The van der Waals surface area contributed by atoms with Gasteiger partial charge in [-0.2, -0.15) is 0 Å². The van der Waals surface area contributed by atoms with Crippen LogP contribution in [0.5, 0.6) is 0 Å². The third-order valence-electron chi connectivity index (χ3n) is 2.83. The summed E-state index contributed by atoms with van der Waals surface area (Å²) in [5, 5.41) is 3.40. The van der Waals surface area contributed by atoms with Crippen LogP contribution in [0.4, 0.5) is 5.13 Å². The van der Waals surface area contributed by atoms with Gasteiger partial charge in [-0.1, -0.05) is 30.4 Å². The molecule has 0 aliphatic carbocycles. The van der Waals surface area contributed by atoms with E-state index in [2.05, 4.69) is 10.3 Å². The van der Waals surface area contributed by atoms with Crippen LogP contribution in [0.25, 0.3) is 10.2 Å². The Bertz CT molecular complexity index is 588. The number of thiazole rings is 1. The van der Waals surface area contributed by atoms with E-state index in [1.54, 1.807) is 14.0 Å². The Morgan fingerprint density at radius 2 is 2.30 bits per heavy atom. The maximum Gasteiger partial charge on any atom is 0.230 e. The number of carbonyl (C=O) groups is 1. The van der Waals surface area contributed by atoms with Gasteiger partial charge in [0, 0.05) is 25.1 Å². The quantitative estimate of drug-likeness (QED) is 0.888. The van der Waals surface area contributed by atoms with Crippen LogP contribution in [-0.4, -0.2) is 24.5 Å². The van der Waals surface area contributed by atoms with Gasteiger partial charge in [-0.15, -0.1) is 12.4 Å². The smallest absolute Gasteiger partial charge is 0.230 e. The lowest BCUT2D eigenvalue weighted by atomic mass is 10.2. The number of nitrogens with one attached hydrogen (secondary N) is 1. The molecule has 1 unspecified atom stereocenters. The SMILES string of the molecule is COCc1cccc2sc(NC(=O)C(C)CN)nc12.Cl. The molecule has 0 saturated heterocycles. The highest BCUT2D eigenvalue weighted by Crippen LogP contribution is 2.28. The van der Waals surface area contributed by atoms with E-state index in [0.717, 1.165) is 15.8 Å². The number of methoxy groups -OCH3 is 1. The lowest BCUT2D eigenvalue weighted by Crippen LogP contribution is -2.26. The van der Waals surface area contributed by atoms with Crippen molar-refractivity contribution in [2.45, 2.75) is 13.5 Å². The Kier molecular flexibility index (Phi) is 6.35. The topological polar surface area (TPSA) is 77.2 Å². The highest BCUT2D eigenvalue weighted by Gasteiger charge is 2.14. The molecule has 1 atom stereocenters. The Morgan fingerprint density at radius 3 is 2.95 bits per heavy atom. The number of benzene rings is 1. The number of fused-ring (bicyclic) bond motifs is 1. The second-order valence-corrected chi connectivity index (χ2v) is 5.37. The van der Waals surface area contributed by atoms with Gasteiger partial charge >= 0.3 is 0 Å². The van der Waals surface area contributed by atoms with Crippen molar-refractivity contribution in [2.24, 2.45) is 11.7 Å². The fourth-order valence-electron chi connectivity index (χ4n) is 1.67. The molecule has 1 aromatic carbocycles. The summed E-state index contributed by atoms with van der Waals surface area (Å²) in [7, 11) is 1.65. The number of rotatable bonds is 5. The van der Waals surface area contributed by atoms with Crippen molar-refractivity contribution in [2.75, 3.05) is 19.0 Å². The molecule has 0 spiro atoms. The molecule has 0 saturated carbocycles. The zero-order valence-electron chi connectivity index (χ0n) is 11.4. The molecular weight excluding hydrogens is 298 g/mol. The minimum atomic E-state index is -0.217. The largest absolute Gasteiger partial charge is 0.380 e. The first kappa shape index (κ1) is 16.8. The van der Waals surface area contributed by atoms with Crippen molar-refractivity contribution >= 4 is 45.0 Å². The van der Waals surface area contributed by atoms with Crippen molar-refractivity contribution in [3.63, 3.8) is 0 Å². The molecule has 2 aromatic rings. The number of nitrogens with two attached hydrogens (primary N) is 1. The number of carbonyl (C=O) groups excluding carboxylic acids is 1. The van der Waals surface area contributed by atoms with Gasteiger partial charge in [-0.05, 0) is 6.07 Å². The van der Waals surface area contributed by atoms with Crippen molar-refractivity contribution < 1.29 is 9.53 Å². The second-order valence-electron chi connectivity index (χ2n) is 4.34. The zero-order valence-corrected chi connectivity index (χ0v) is 13.0. The molecule has 5 nitrogen and oxygen atoms in total. The first-order valence-corrected chi connectivity index (χ1v) is 6.85. The standard InChI is InChI=1S/C13H17N3O2S.ClH/c1-8(6-14)12(17)16-13-15-11-9(7-18-2)4-3-5-10(11)19-13;/h3-5,8H,6-7,14H2,1-2H3,(H,15,16,17);1H. The molecule has 110 valence electrons. The van der Waals surface area contributed by atoms with Crippen molar-refractivity contribution in [3.05, 3.63) is 23.8 Å². The third-order valence-corrected chi connectivity index (χ3v) is 3.77. The van der Waals surface area contributed by atoms with Gasteiger partial charge in [0.25, 0.3) is 0 Å². The maximum absolute atomic E-state index is 11.8. The van der Waals surface area contributed by atoms with Crippen molar-refractivity contribution in [1.82, 2.24) is 4.98 Å². The fraction of sp³-hybridized carbons (Fsp3) is 0.385. The maximum atomic E-state index is 11.8. The van der Waals surface area contributed by atoms with Gasteiger partial charge in [-0.25, -0.2) is 4.98 Å². The molecule has 7 heteroatoms. The van der Waals surface area contributed by atoms with Crippen molar-refractivity contribution in [1.29, 1.82) is 0 Å². The normalized spacial score (nSPS) is 11.9. The number of anilines is 1. The van der Waals surface area contributed by atoms with Crippen LogP contribution in [0.15, 0.2) is 18.2 Å². The number of aromatic nitrogens is 1. The van der Waals surface area contributed by atoms with Crippen LogP contribution in [-0.2, 0) is 16.1 Å². The number of para-hydroxylation sites is 1. The van der Waals surface area contributed by atoms with E-state index in [1.165, 1.54) is 11.3 Å². The molecule has 20 heavy (non-hydrogen) atoms. The van der Waals surface area contributed by atoms with Crippen LogP contribution in [0.3, 0.4) is 0 Å². The monoisotopic (exact) mass is 315 g/mol. The molecule has 0 bridgehead atoms. The van der Waals surface area contributed by atoms with Gasteiger partial charge in [-0.3, -0.25) is 4.79 Å². The Morgan fingerprint density at radius 1 is 1.55 bits per heavy atom. The number of halogens is 1. The molecular formula is C13H18ClN3O2S. The Hall–Kier alpha value is -1.21. The molecule has 0 radical (unpaired) electrons. The zero-order chi connectivity index (χ0) is 13.8. The van der Waals surface area contributed by atoms with Crippen LogP contribution < -0.4 is 11.1 Å². The minimum absolute atomic E-state index is 0. The average Bonchev–Trinajstić information content (AvgIpc) is 2.81. The van der Waals surface area contributed by atoms with E-state index in [9.17, 15) is 4.79 Å². The number of nitrogens with zero attached hydrogens (tertiary/aromatic N) is 1. The van der Waals surface area contributed by atoms with Gasteiger partial charge in [0.05, 0.1) is 16.8 Å². The number of ether oxygens (including phenoxy) is 1. The van der Waals surface area contributed by atoms with E-state index in [1.807, 2.05) is 18.2 Å². The van der Waals surface area contributed by atoms with Gasteiger partial charge < -0.3 is 15.8 Å². The van der Waals surface area contributed by atoms with E-state index < -0.39 is 0 Å². The molecule has 2 rings (SSSR count). The number of hydrogen-bond acceptors (Lipinski definition) is 5.